The molecule has 0 radical (unpaired) electrons. The number of hydrogen-bond acceptors (Lipinski definition) is 6. The lowest BCUT2D eigenvalue weighted by Crippen LogP contribution is -2.61. The second kappa shape index (κ2) is 7.59. The smallest absolute Gasteiger partial charge is 0.247 e. The van der Waals surface area contributed by atoms with E-state index in [9.17, 15) is 27.9 Å². The first kappa shape index (κ1) is 21.8. The van der Waals surface area contributed by atoms with Crippen LogP contribution in [0, 0.1) is 0 Å². The van der Waals surface area contributed by atoms with Crippen LogP contribution in [0.15, 0.2) is 30.3 Å². The van der Waals surface area contributed by atoms with Crippen molar-refractivity contribution in [2.24, 2.45) is 0 Å². The number of rotatable bonds is 5. The number of sulfone groups is 1. The molecule has 1 aromatic rings. The van der Waals surface area contributed by atoms with Gasteiger partial charge < -0.3 is 20.2 Å². The Kier molecular flexibility index (Phi) is 5.33. The van der Waals surface area contributed by atoms with Gasteiger partial charge in [-0.1, -0.05) is 30.3 Å². The standard InChI is InChI=1S/C21H27N3O6S/c1-21(2)18(24-16(26)11-17(24)31(21,29)30)20(28)23-10-6-9-15(23)19(27)22-14(12-25)13-7-4-3-5-8-13/h3-5,7-8,14-15,17-18,25H,6,9-12H2,1-2H3,(H,22,27). The van der Waals surface area contributed by atoms with Crippen LogP contribution in [0.5, 0.6) is 0 Å². The summed E-state index contributed by atoms with van der Waals surface area (Å²) >= 11 is 0. The fraction of sp³-hybridized carbons (Fsp3) is 0.571. The molecular weight excluding hydrogens is 422 g/mol. The Morgan fingerprint density at radius 2 is 1.94 bits per heavy atom. The molecule has 3 aliphatic heterocycles. The van der Waals surface area contributed by atoms with Crippen LogP contribution >= 0.6 is 0 Å². The highest BCUT2D eigenvalue weighted by molar-refractivity contribution is 7.93. The van der Waals surface area contributed by atoms with E-state index >= 15 is 0 Å². The van der Waals surface area contributed by atoms with Crippen LogP contribution in [0.1, 0.15) is 44.7 Å². The summed E-state index contributed by atoms with van der Waals surface area (Å²) in [6.45, 7) is 2.96. The molecule has 168 valence electrons. The van der Waals surface area contributed by atoms with E-state index in [4.69, 9.17) is 0 Å². The lowest BCUT2D eigenvalue weighted by Gasteiger charge is -2.39. The first-order valence-corrected chi connectivity index (χ1v) is 12.0. The molecule has 4 unspecified atom stereocenters. The van der Waals surface area contributed by atoms with Gasteiger partial charge >= 0.3 is 0 Å². The fourth-order valence-corrected chi connectivity index (χ4v) is 7.00. The Hall–Kier alpha value is -2.46. The number of carbonyl (C=O) groups excluding carboxylic acids is 3. The van der Waals surface area contributed by atoms with E-state index in [1.165, 1.54) is 23.6 Å². The number of β-lactam (4-membered cyclic amide) rings is 1. The van der Waals surface area contributed by atoms with Gasteiger partial charge in [-0.25, -0.2) is 8.42 Å². The van der Waals surface area contributed by atoms with Crippen LogP contribution in [0.25, 0.3) is 0 Å². The molecule has 0 aromatic heterocycles. The van der Waals surface area contributed by atoms with Gasteiger partial charge in [-0.15, -0.1) is 0 Å². The average Bonchev–Trinajstić information content (AvgIpc) is 3.27. The number of fused-ring (bicyclic) bond motifs is 1. The highest BCUT2D eigenvalue weighted by Gasteiger charge is 2.68. The summed E-state index contributed by atoms with van der Waals surface area (Å²) in [5.74, 6) is -1.27. The monoisotopic (exact) mass is 449 g/mol. The lowest BCUT2D eigenvalue weighted by atomic mass is 9.96. The minimum absolute atomic E-state index is 0.102. The van der Waals surface area contributed by atoms with Gasteiger partial charge in [0.2, 0.25) is 17.7 Å². The second-order valence-electron chi connectivity index (χ2n) is 8.85. The van der Waals surface area contributed by atoms with Gasteiger partial charge in [-0.2, -0.15) is 0 Å². The molecule has 4 atom stereocenters. The van der Waals surface area contributed by atoms with E-state index in [2.05, 4.69) is 5.32 Å². The fourth-order valence-electron chi connectivity index (χ4n) is 4.88. The van der Waals surface area contributed by atoms with E-state index in [-0.39, 0.29) is 18.9 Å². The number of hydrogen-bond donors (Lipinski definition) is 2. The topological polar surface area (TPSA) is 124 Å². The van der Waals surface area contributed by atoms with Crippen molar-refractivity contribution in [3.8, 4) is 0 Å². The van der Waals surface area contributed by atoms with E-state index in [0.29, 0.717) is 19.4 Å². The SMILES string of the molecule is CC1(C)C(C(=O)N2CCCC2C(=O)NC(CO)c2ccccc2)N2C(=O)CC2S1(=O)=O. The maximum absolute atomic E-state index is 13.5. The number of aliphatic hydroxyl groups excluding tert-OH is 1. The summed E-state index contributed by atoms with van der Waals surface area (Å²) in [6.07, 6.45) is 0.923. The number of nitrogens with one attached hydrogen (secondary N) is 1. The predicted molar refractivity (Wildman–Crippen MR) is 111 cm³/mol. The average molecular weight is 450 g/mol. The molecule has 3 aliphatic rings. The third-order valence-corrected chi connectivity index (χ3v) is 9.55. The molecule has 31 heavy (non-hydrogen) atoms. The van der Waals surface area contributed by atoms with Gasteiger partial charge in [0.1, 0.15) is 17.5 Å². The van der Waals surface area contributed by atoms with Crippen LogP contribution in [0.2, 0.25) is 0 Å². The van der Waals surface area contributed by atoms with E-state index < -0.39 is 49.9 Å². The number of aliphatic hydroxyl groups is 1. The Morgan fingerprint density at radius 1 is 1.26 bits per heavy atom. The molecule has 1 aromatic carbocycles. The maximum atomic E-state index is 13.5. The molecule has 10 heteroatoms. The highest BCUT2D eigenvalue weighted by Crippen LogP contribution is 2.46. The first-order valence-electron chi connectivity index (χ1n) is 10.4. The molecule has 3 saturated heterocycles. The minimum atomic E-state index is -3.70. The van der Waals surface area contributed by atoms with Gasteiger partial charge in [0.15, 0.2) is 9.84 Å². The van der Waals surface area contributed by atoms with Gasteiger partial charge in [-0.3, -0.25) is 14.4 Å². The summed E-state index contributed by atoms with van der Waals surface area (Å²) < 4.78 is 24.2. The Labute approximate surface area is 181 Å². The Balaban J connectivity index is 1.55. The number of nitrogens with zero attached hydrogens (tertiary/aromatic N) is 2. The summed E-state index contributed by atoms with van der Waals surface area (Å²) in [5.41, 5.74) is 0.742. The van der Waals surface area contributed by atoms with Crippen molar-refractivity contribution in [1.82, 2.24) is 15.1 Å². The zero-order chi connectivity index (χ0) is 22.6. The minimum Gasteiger partial charge on any atom is -0.394 e. The van der Waals surface area contributed by atoms with Crippen molar-refractivity contribution in [1.29, 1.82) is 0 Å². The number of carbonyl (C=O) groups is 3. The highest BCUT2D eigenvalue weighted by atomic mass is 32.2. The molecule has 3 heterocycles. The van der Waals surface area contributed by atoms with Crippen molar-refractivity contribution < 1.29 is 27.9 Å². The maximum Gasteiger partial charge on any atom is 0.247 e. The zero-order valence-corrected chi connectivity index (χ0v) is 18.3. The van der Waals surface area contributed by atoms with E-state index in [1.807, 2.05) is 6.07 Å². The second-order valence-corrected chi connectivity index (χ2v) is 11.5. The quantitative estimate of drug-likeness (QED) is 0.608. The molecule has 2 N–H and O–H groups in total. The first-order chi connectivity index (χ1) is 14.6. The molecule has 3 fully saturated rings. The molecule has 0 saturated carbocycles. The van der Waals surface area contributed by atoms with Crippen molar-refractivity contribution >= 4 is 27.6 Å². The molecule has 9 nitrogen and oxygen atoms in total. The van der Waals surface area contributed by atoms with Crippen LogP contribution in [0.4, 0.5) is 0 Å². The third-order valence-electron chi connectivity index (χ3n) is 6.75. The predicted octanol–water partition coefficient (Wildman–Crippen LogP) is -0.0388. The van der Waals surface area contributed by atoms with E-state index in [1.54, 1.807) is 24.3 Å². The lowest BCUT2D eigenvalue weighted by molar-refractivity contribution is -0.155. The molecular formula is C21H27N3O6S. The molecule has 3 amide bonds. The van der Waals surface area contributed by atoms with E-state index in [0.717, 1.165) is 5.56 Å². The van der Waals surface area contributed by atoms with Crippen LogP contribution in [0.3, 0.4) is 0 Å². The van der Waals surface area contributed by atoms with Crippen molar-refractivity contribution in [3.63, 3.8) is 0 Å². The van der Waals surface area contributed by atoms with Gasteiger partial charge in [-0.05, 0) is 32.3 Å². The van der Waals surface area contributed by atoms with Gasteiger partial charge in [0.25, 0.3) is 0 Å². The summed E-state index contributed by atoms with van der Waals surface area (Å²) in [7, 11) is -3.70. The normalized spacial score (nSPS) is 29.3. The van der Waals surface area contributed by atoms with Crippen LogP contribution in [-0.2, 0) is 24.2 Å². The number of amides is 3. The molecule has 4 rings (SSSR count). The Bertz CT molecular complexity index is 1010. The molecule has 0 aliphatic carbocycles. The van der Waals surface area contributed by atoms with Crippen molar-refractivity contribution in [2.75, 3.05) is 13.2 Å². The summed E-state index contributed by atoms with van der Waals surface area (Å²) in [5, 5.41) is 11.6. The largest absolute Gasteiger partial charge is 0.394 e. The zero-order valence-electron chi connectivity index (χ0n) is 17.5. The van der Waals surface area contributed by atoms with Crippen LogP contribution in [-0.4, -0.2) is 76.4 Å². The Morgan fingerprint density at radius 3 is 2.55 bits per heavy atom. The molecule has 0 spiro atoms. The summed E-state index contributed by atoms with van der Waals surface area (Å²) in [4.78, 5) is 41.2. The van der Waals surface area contributed by atoms with Crippen molar-refractivity contribution in [2.45, 2.75) is 61.4 Å². The number of benzene rings is 1. The number of likely N-dealkylation sites (tertiary alicyclic amines) is 1. The molecule has 0 bridgehead atoms. The van der Waals surface area contributed by atoms with Crippen LogP contribution < -0.4 is 5.32 Å². The van der Waals surface area contributed by atoms with Gasteiger partial charge in [0, 0.05) is 6.54 Å². The van der Waals surface area contributed by atoms with Gasteiger partial charge in [0.05, 0.1) is 23.8 Å². The third kappa shape index (κ3) is 3.23. The summed E-state index contributed by atoms with van der Waals surface area (Å²) in [6, 6.07) is 6.49. The van der Waals surface area contributed by atoms with Crippen molar-refractivity contribution in [3.05, 3.63) is 35.9 Å².